The standard InChI is InChI=1S/C31H36N6O12S.C21H21NO8.C9H13N3O6.C9H11N3O5.C9H12O6.C6H11NO6.PS2/c32-31-36-26-22(27(43)37-31)34-17(11-33-26)7-3-13-1-4-14(5-2-13)18(38)9-15(28(44)45)6-8-20(40)35-21(19(39)10-16(12-50)29(46)47)25-23(41)24(42)30(48)49-25;23-16-17(24)20(27)30-18(16)15(19(25)26)22-21(28)29-9-14-12-7-3-1-5-10(12)11-6-2-4-8-13(11)14;1-9(2)17-6-4(13)5(16-8(6)18-9)3(7(14)15)11-12-10;1-9(2)16-6-5-4(15-8(6)17-9)3(11-12-10)7(13)14-5;1-9(2)14-6-5-4(13-8(6)15-9)3(10)7(11)12-5;7-1(5(10)11)4-2(8)3(9)6(12)13-4;2-1-3/h1-2,4-5,11,15-16,21,23-25,30,41-42,48,50H,3,6-10,12H2,(H,35,40)(H,44,45)(H,46,47)(H3,32,33,36,37,43);1-8,14-18,20,23-24,27H,9H2,(H,22,28)(H,25,26);3-6,8,13H,1-2H3,(H,14,15);3-6,8H,1-2H3;3-6,8,10H,1-2H3;1-4,6,8-9,12H,7H2,(H,10,11);/q;;;;;;+1/t15-,16+,21+,23-,24-,25?,30+;15?,16-,17-,18?,20+;3-,4+,5-,6-,8-;3-,4-,5+,6-,8-;3-,4+,5-,6+,8+;1?,2-,3-,4?,6+;/m111101./s1. The molecule has 1 aliphatic carbocycles. The summed E-state index contributed by atoms with van der Waals surface area (Å²) in [7, 11) is 0. The van der Waals surface area contributed by atoms with Crippen LogP contribution in [-0.4, -0.2) is 381 Å². The minimum absolute atomic E-state index is 0.0223. The minimum atomic E-state index is -1.89. The summed E-state index contributed by atoms with van der Waals surface area (Å²) in [6.45, 7) is 10.3. The van der Waals surface area contributed by atoms with Gasteiger partial charge in [-0.3, -0.25) is 48.1 Å². The molecular formula is C85H104N14O43PS3+. The SMILES string of the molecule is CC1(C)O[C@H]2O[C@H]([C@@H](N=[N+]=[N-])C(=O)O)[C@H](O)[C@H]2O1.CC1(C)O[C@H]2O[C@H]3[C@H](OC(=O)[C@@H]3N=[N+]=[N-])[C@H]2O1.CC1(C)O[C@H]2O[C@H]3[C@H](OC(=O)[C@H]3O)[C@H]2O1.NC(C(=O)O)C1O[C@H](O)[C@H](O)[C@H]1O.Nc1nc2ncc(CCc3ccc(C(=O)C[C@@H](CCC(=O)N[C@@H](C(=O)C[C@@H](CS)C(=O)O)C4O[C@H](O)[C@H](O)[C@H]4O)C(=O)O)cc3)nc2c(=O)[nH]1.O=C(NC(C(=O)O)C1O[C@H](O)[C@H](O)[C@H]1O)OCC1c2ccccc2-c2ccccc21.S=[P+]=S. The zero-order valence-corrected chi connectivity index (χ0v) is 80.7. The van der Waals surface area contributed by atoms with Gasteiger partial charge >= 0.3 is 77.6 Å². The molecule has 3 aromatic carbocycles. The maximum atomic E-state index is 13.0. The van der Waals surface area contributed by atoms with Crippen molar-refractivity contribution in [1.82, 2.24) is 30.6 Å². The topological polar surface area (TPSA) is 895 Å². The van der Waals surface area contributed by atoms with Crippen molar-refractivity contribution in [3.8, 4) is 11.1 Å². The van der Waals surface area contributed by atoms with Gasteiger partial charge < -0.3 is 175 Å². The summed E-state index contributed by atoms with van der Waals surface area (Å²) in [5.74, 6) is -15.9. The molecule has 17 rings (SSSR count). The van der Waals surface area contributed by atoms with Gasteiger partial charge in [0, 0.05) is 46.3 Å². The molecule has 0 bridgehead atoms. The second-order valence-corrected chi connectivity index (χ2v) is 37.8. The van der Waals surface area contributed by atoms with Crippen LogP contribution in [0.3, 0.4) is 0 Å². The Kier molecular flexibility index (Phi) is 39.0. The second kappa shape index (κ2) is 49.4. The van der Waals surface area contributed by atoms with Crippen molar-refractivity contribution in [2.24, 2.45) is 27.8 Å². The van der Waals surface area contributed by atoms with Crippen molar-refractivity contribution in [2.45, 2.75) is 287 Å². The summed E-state index contributed by atoms with van der Waals surface area (Å²) in [5, 5.41) is 162. The number of hydrogen-bond acceptors (Lipinski definition) is 48. The van der Waals surface area contributed by atoms with Crippen molar-refractivity contribution in [3.05, 3.63) is 138 Å². The molecule has 13 heterocycles. The Hall–Kier alpha value is -11.1. The Morgan fingerprint density at radius 3 is 1.54 bits per heavy atom. The Morgan fingerprint density at radius 1 is 0.555 bits per heavy atom. The number of azide groups is 2. The van der Waals surface area contributed by atoms with Crippen molar-refractivity contribution in [3.63, 3.8) is 0 Å². The quantitative estimate of drug-likeness (QED) is 0.00336. The van der Waals surface area contributed by atoms with E-state index in [1.165, 1.54) is 18.3 Å². The van der Waals surface area contributed by atoms with Crippen LogP contribution in [0.4, 0.5) is 10.7 Å². The van der Waals surface area contributed by atoms with Crippen molar-refractivity contribution in [1.29, 1.82) is 0 Å². The summed E-state index contributed by atoms with van der Waals surface area (Å²) in [5.41, 5.74) is 32.7. The number of hydrogen-bond donors (Lipinski definition) is 22. The number of nitrogens with two attached hydrogens (primary N) is 2. The molecule has 32 atom stereocenters. The molecule has 11 fully saturated rings. The van der Waals surface area contributed by atoms with Crippen LogP contribution in [0.1, 0.15) is 106 Å². The van der Waals surface area contributed by atoms with Crippen molar-refractivity contribution in [2.75, 3.05) is 18.1 Å². The van der Waals surface area contributed by atoms with Crippen LogP contribution in [0.5, 0.6) is 0 Å². The number of nitrogen functional groups attached to an aromatic ring is 1. The molecule has 5 aromatic rings. The molecule has 11 aliphatic heterocycles. The number of aliphatic hydroxyl groups is 11. The van der Waals surface area contributed by atoms with Crippen LogP contribution in [0.15, 0.2) is 94.0 Å². The van der Waals surface area contributed by atoms with Gasteiger partial charge in [-0.1, -0.05) is 83.0 Å². The van der Waals surface area contributed by atoms with Crippen LogP contribution in [0, 0.1) is 11.8 Å². The monoisotopic (exact) mass is 2140 g/mol. The van der Waals surface area contributed by atoms with Crippen molar-refractivity contribution < 1.29 is 205 Å². The summed E-state index contributed by atoms with van der Waals surface area (Å²) in [6, 6.07) is 14.6. The summed E-state index contributed by atoms with van der Waals surface area (Å²) in [6.07, 6.45) is -29.4. The number of thiol groups is 1. The molecule has 5 unspecified atom stereocenters. The number of carboxylic acid groups (broad SMARTS) is 5. The molecule has 0 radical (unpaired) electrons. The van der Waals surface area contributed by atoms with Crippen LogP contribution < -0.4 is 27.7 Å². The van der Waals surface area contributed by atoms with E-state index in [0.29, 0.717) is 24.7 Å². The number of Topliss-reactive ketones (excluding diaryl/α,β-unsaturated/α-hetero) is 2. The van der Waals surface area contributed by atoms with Crippen LogP contribution >= 0.6 is 18.8 Å². The van der Waals surface area contributed by atoms with Gasteiger partial charge in [0.05, 0.1) is 23.7 Å². The van der Waals surface area contributed by atoms with E-state index in [1.54, 1.807) is 53.7 Å². The molecule has 794 valence electrons. The molecule has 11 saturated heterocycles. The first-order valence-electron chi connectivity index (χ1n) is 44.3. The normalized spacial score (nSPS) is 31.6. The average molecular weight is 2140 g/mol. The number of carbonyl (C=O) groups is 11. The molecule has 146 heavy (non-hydrogen) atoms. The molecule has 0 spiro atoms. The fourth-order valence-electron chi connectivity index (χ4n) is 17.2. The molecule has 2 aromatic heterocycles. The number of H-pyrrole nitrogens is 1. The number of alkyl carbamates (subject to hydrolysis) is 1. The van der Waals surface area contributed by atoms with Crippen LogP contribution in [-0.2, 0) is 151 Å². The summed E-state index contributed by atoms with van der Waals surface area (Å²) < 4.78 is 78.9. The first-order valence-corrected chi connectivity index (χ1v) is 47.8. The van der Waals surface area contributed by atoms with Gasteiger partial charge in [0.15, 0.2) is 126 Å². The fraction of sp³-hybridized carbons (Fsp3) is 0.588. The number of amides is 2. The Morgan fingerprint density at radius 2 is 1.05 bits per heavy atom. The van der Waals surface area contributed by atoms with E-state index in [1.807, 2.05) is 48.5 Å². The molecular weight excluding hydrogens is 2030 g/mol. The first kappa shape index (κ1) is 115. The van der Waals surface area contributed by atoms with E-state index in [2.05, 4.69) is 91.6 Å². The molecule has 12 aliphatic rings. The number of aliphatic hydroxyl groups excluding tert-OH is 11. The molecule has 2 amide bonds. The number of aromatic nitrogens is 4. The number of aryl methyl sites for hydroxylation is 2. The van der Waals surface area contributed by atoms with Crippen LogP contribution in [0.2, 0.25) is 0 Å². The van der Waals surface area contributed by atoms with E-state index < -0.39 is 303 Å². The number of nitrogens with zero attached hydrogens (tertiary/aromatic N) is 9. The third-order valence-corrected chi connectivity index (χ3v) is 24.7. The van der Waals surface area contributed by atoms with Gasteiger partial charge in [-0.05, 0) is 99.7 Å². The summed E-state index contributed by atoms with van der Waals surface area (Å²) >= 11 is 12.3. The summed E-state index contributed by atoms with van der Waals surface area (Å²) in [4.78, 5) is 162. The zero-order chi connectivity index (χ0) is 107. The number of ketones is 2. The molecule has 61 heteroatoms. The third-order valence-electron chi connectivity index (χ3n) is 24.3. The maximum absolute atomic E-state index is 13.0. The number of aromatic amines is 1. The van der Waals surface area contributed by atoms with Crippen molar-refractivity contribution >= 4 is 125 Å². The van der Waals surface area contributed by atoms with Crippen LogP contribution in [0.25, 0.3) is 43.2 Å². The average Bonchev–Trinajstić information content (AvgIpc) is 1.58. The van der Waals surface area contributed by atoms with Gasteiger partial charge in [-0.2, -0.15) is 17.6 Å². The van der Waals surface area contributed by atoms with E-state index in [9.17, 15) is 114 Å². The number of fused-ring (bicyclic) bond motifs is 11. The number of carboxylic acids is 5. The number of carbonyl (C=O) groups excluding carboxylic acids is 6. The number of aliphatic carboxylic acids is 5. The Bertz CT molecular complexity index is 5770. The number of nitrogens with one attached hydrogen (secondary N) is 3. The van der Waals surface area contributed by atoms with Gasteiger partial charge in [0.2, 0.25) is 11.9 Å². The van der Waals surface area contributed by atoms with Gasteiger partial charge in [-0.15, -0.1) is 0 Å². The molecule has 57 nitrogen and oxygen atoms in total. The van der Waals surface area contributed by atoms with E-state index in [0.717, 1.165) is 27.8 Å². The Labute approximate surface area is 839 Å². The number of benzene rings is 3. The van der Waals surface area contributed by atoms with E-state index >= 15 is 0 Å². The first-order chi connectivity index (χ1) is 68.8. The second-order valence-electron chi connectivity index (χ2n) is 35.5. The van der Waals surface area contributed by atoms with Gasteiger partial charge in [0.25, 0.3) is 5.56 Å². The van der Waals surface area contributed by atoms with Gasteiger partial charge in [-0.25, -0.2) is 24.4 Å². The number of anilines is 1. The third kappa shape index (κ3) is 27.3. The zero-order valence-electron chi connectivity index (χ0n) is 77.3. The molecule has 23 N–H and O–H groups in total. The number of rotatable bonds is 28. The van der Waals surface area contributed by atoms with E-state index in [4.69, 9.17) is 114 Å². The number of esters is 2. The van der Waals surface area contributed by atoms with Gasteiger partial charge in [0.1, 0.15) is 104 Å². The predicted octanol–water partition coefficient (Wildman–Crippen LogP) is -3.64. The number of ether oxygens (including phenoxy) is 15. The Balaban J connectivity index is 0.000000179. The predicted molar refractivity (Wildman–Crippen MR) is 489 cm³/mol. The fourth-order valence-corrected chi connectivity index (χ4v) is 17.5. The van der Waals surface area contributed by atoms with E-state index in [-0.39, 0.29) is 47.4 Å². The molecule has 0 saturated carbocycles.